The van der Waals surface area contributed by atoms with Crippen molar-refractivity contribution in [2.45, 2.75) is 19.5 Å². The third kappa shape index (κ3) is 5.26. The summed E-state index contributed by atoms with van der Waals surface area (Å²) in [6.45, 7) is 2.87. The van der Waals surface area contributed by atoms with Gasteiger partial charge in [-0.2, -0.15) is 0 Å². The molecule has 0 spiro atoms. The van der Waals surface area contributed by atoms with Gasteiger partial charge in [0.15, 0.2) is 0 Å². The van der Waals surface area contributed by atoms with Crippen molar-refractivity contribution in [2.24, 2.45) is 0 Å². The van der Waals surface area contributed by atoms with E-state index in [9.17, 15) is 32.9 Å². The summed E-state index contributed by atoms with van der Waals surface area (Å²) in [5.74, 6) is -0.811. The van der Waals surface area contributed by atoms with Crippen LogP contribution < -0.4 is 20.0 Å². The Morgan fingerprint density at radius 1 is 1.23 bits per heavy atom. The molecule has 35 heavy (non-hydrogen) atoms. The Hall–Kier alpha value is -3.55. The van der Waals surface area contributed by atoms with Crippen LogP contribution in [0.3, 0.4) is 0 Å². The monoisotopic (exact) mass is 513 g/mol. The van der Waals surface area contributed by atoms with Gasteiger partial charge >= 0.3 is 11.1 Å². The number of carbonyl (C=O) groups is 2. The van der Waals surface area contributed by atoms with E-state index in [4.69, 9.17) is 4.74 Å². The van der Waals surface area contributed by atoms with Gasteiger partial charge in [0.25, 0.3) is 6.43 Å². The van der Waals surface area contributed by atoms with E-state index in [-0.39, 0.29) is 47.7 Å². The van der Waals surface area contributed by atoms with Crippen molar-refractivity contribution in [3.8, 4) is 0 Å². The highest BCUT2D eigenvalue weighted by atomic mass is 32.1. The van der Waals surface area contributed by atoms with E-state index in [0.29, 0.717) is 35.8 Å². The standard InChI is InChI=1S/C21H22F3N5O5S/c1-12(30)25-10-14-11-28(21(31)34-14)13-2-3-16(15(22)8-13)26-4-6-27(7-5-26)17-9-18(19(23)24)35-20(17)29(32)33/h2-3,8-9,14,19H,4-7,10-11H2,1H3,(H,25,30). The number of halogens is 3. The summed E-state index contributed by atoms with van der Waals surface area (Å²) in [5.41, 5.74) is 0.754. The number of nitro groups is 1. The van der Waals surface area contributed by atoms with E-state index in [2.05, 4.69) is 5.32 Å². The minimum Gasteiger partial charge on any atom is -0.442 e. The second-order valence-corrected chi connectivity index (χ2v) is 9.12. The third-order valence-corrected chi connectivity index (χ3v) is 6.83. The molecule has 2 aliphatic heterocycles. The van der Waals surface area contributed by atoms with Gasteiger partial charge in [-0.3, -0.25) is 19.8 Å². The third-order valence-electron chi connectivity index (χ3n) is 5.75. The fourth-order valence-electron chi connectivity index (χ4n) is 4.06. The molecule has 1 aromatic heterocycles. The lowest BCUT2D eigenvalue weighted by molar-refractivity contribution is -0.379. The zero-order valence-corrected chi connectivity index (χ0v) is 19.4. The lowest BCUT2D eigenvalue weighted by Crippen LogP contribution is -2.46. The van der Waals surface area contributed by atoms with Gasteiger partial charge < -0.3 is 19.9 Å². The quantitative estimate of drug-likeness (QED) is 0.446. The molecular formula is C21H22F3N5O5S. The minimum atomic E-state index is -2.80. The second kappa shape index (κ2) is 9.98. The van der Waals surface area contributed by atoms with Crippen molar-refractivity contribution in [3.63, 3.8) is 0 Å². The van der Waals surface area contributed by atoms with Crippen molar-refractivity contribution >= 4 is 45.4 Å². The molecule has 2 aromatic rings. The molecule has 10 nitrogen and oxygen atoms in total. The summed E-state index contributed by atoms with van der Waals surface area (Å²) in [6.07, 6.45) is -3.98. The summed E-state index contributed by atoms with van der Waals surface area (Å²) in [6, 6.07) is 5.50. The SMILES string of the molecule is CC(=O)NCC1CN(c2ccc(N3CCN(c4cc(C(F)F)sc4[N+](=O)[O-])CC3)c(F)c2)C(=O)O1. The van der Waals surface area contributed by atoms with Crippen molar-refractivity contribution in [1.29, 1.82) is 0 Å². The van der Waals surface area contributed by atoms with Crippen LogP contribution in [0.5, 0.6) is 0 Å². The Bertz CT molecular complexity index is 1140. The Balaban J connectivity index is 1.42. The summed E-state index contributed by atoms with van der Waals surface area (Å²) >= 11 is 0.460. The average Bonchev–Trinajstić information content (AvgIpc) is 3.42. The molecular weight excluding hydrogens is 491 g/mol. The van der Waals surface area contributed by atoms with Crippen molar-refractivity contribution in [2.75, 3.05) is 54.0 Å². The maximum absolute atomic E-state index is 15.0. The van der Waals surface area contributed by atoms with Crippen molar-refractivity contribution in [1.82, 2.24) is 5.32 Å². The van der Waals surface area contributed by atoms with Gasteiger partial charge in [-0.1, -0.05) is 11.3 Å². The van der Waals surface area contributed by atoms with Gasteiger partial charge in [0.05, 0.1) is 34.3 Å². The maximum atomic E-state index is 15.0. The first-order chi connectivity index (χ1) is 16.6. The lowest BCUT2D eigenvalue weighted by Gasteiger charge is -2.36. The van der Waals surface area contributed by atoms with Gasteiger partial charge in [-0.25, -0.2) is 18.0 Å². The summed E-state index contributed by atoms with van der Waals surface area (Å²) in [4.78, 5) is 38.2. The maximum Gasteiger partial charge on any atom is 0.414 e. The molecule has 2 fully saturated rings. The van der Waals surface area contributed by atoms with Crippen LogP contribution in [0.1, 0.15) is 18.2 Å². The molecule has 2 aliphatic rings. The van der Waals surface area contributed by atoms with Crippen LogP contribution in [-0.4, -0.2) is 62.3 Å². The van der Waals surface area contributed by atoms with E-state index in [1.165, 1.54) is 24.0 Å². The first-order valence-corrected chi connectivity index (χ1v) is 11.5. The number of cyclic esters (lactones) is 1. The van der Waals surface area contributed by atoms with Crippen molar-refractivity contribution in [3.05, 3.63) is 45.1 Å². The molecule has 0 aliphatic carbocycles. The van der Waals surface area contributed by atoms with Gasteiger partial charge in [0, 0.05) is 33.1 Å². The van der Waals surface area contributed by atoms with E-state index in [1.807, 2.05) is 0 Å². The number of carbonyl (C=O) groups excluding carboxylic acids is 2. The molecule has 0 bridgehead atoms. The van der Waals surface area contributed by atoms with Gasteiger partial charge in [0.2, 0.25) is 5.91 Å². The van der Waals surface area contributed by atoms with Crippen LogP contribution in [0.25, 0.3) is 0 Å². The van der Waals surface area contributed by atoms with Crippen LogP contribution in [-0.2, 0) is 9.53 Å². The number of piperazine rings is 1. The number of anilines is 3. The van der Waals surface area contributed by atoms with Gasteiger partial charge in [-0.15, -0.1) is 0 Å². The fraction of sp³-hybridized carbons (Fsp3) is 0.429. The molecule has 3 heterocycles. The number of nitrogens with one attached hydrogen (secondary N) is 1. The molecule has 14 heteroatoms. The van der Waals surface area contributed by atoms with Crippen LogP contribution in [0.15, 0.2) is 24.3 Å². The van der Waals surface area contributed by atoms with E-state index >= 15 is 0 Å². The first kappa shape index (κ1) is 24.6. The molecule has 1 atom stereocenters. The number of alkyl halides is 2. The predicted octanol–water partition coefficient (Wildman–Crippen LogP) is 3.52. The number of benzene rings is 1. The largest absolute Gasteiger partial charge is 0.442 e. The van der Waals surface area contributed by atoms with Gasteiger partial charge in [0.1, 0.15) is 17.6 Å². The fourth-order valence-corrected chi connectivity index (χ4v) is 4.91. The number of nitrogens with zero attached hydrogens (tertiary/aromatic N) is 4. The Morgan fingerprint density at radius 3 is 2.46 bits per heavy atom. The smallest absolute Gasteiger partial charge is 0.414 e. The summed E-state index contributed by atoms with van der Waals surface area (Å²) in [7, 11) is 0. The Kier molecular flexibility index (Phi) is 7.00. The number of amides is 2. The van der Waals surface area contributed by atoms with E-state index < -0.39 is 29.4 Å². The van der Waals surface area contributed by atoms with Gasteiger partial charge in [-0.05, 0) is 24.3 Å². The number of rotatable bonds is 7. The second-order valence-electron chi connectivity index (χ2n) is 8.06. The molecule has 0 radical (unpaired) electrons. The lowest BCUT2D eigenvalue weighted by atomic mass is 10.2. The predicted molar refractivity (Wildman–Crippen MR) is 123 cm³/mol. The number of hydrogen-bond acceptors (Lipinski definition) is 8. The zero-order valence-electron chi connectivity index (χ0n) is 18.6. The molecule has 2 saturated heterocycles. The highest BCUT2D eigenvalue weighted by Gasteiger charge is 2.33. The topological polar surface area (TPSA) is 108 Å². The molecule has 188 valence electrons. The molecule has 1 N–H and O–H groups in total. The van der Waals surface area contributed by atoms with Crippen LogP contribution in [0.4, 0.5) is 40.0 Å². The van der Waals surface area contributed by atoms with Crippen molar-refractivity contribution < 1.29 is 32.4 Å². The number of thiophene rings is 1. The van der Waals surface area contributed by atoms with E-state index in [1.54, 1.807) is 15.9 Å². The Morgan fingerprint density at radius 2 is 1.89 bits per heavy atom. The molecule has 1 unspecified atom stereocenters. The normalized spacial score (nSPS) is 18.3. The minimum absolute atomic E-state index is 0.145. The molecule has 0 saturated carbocycles. The highest BCUT2D eigenvalue weighted by Crippen LogP contribution is 2.42. The highest BCUT2D eigenvalue weighted by molar-refractivity contribution is 7.16. The summed E-state index contributed by atoms with van der Waals surface area (Å²) < 4.78 is 46.3. The number of ether oxygens (including phenoxy) is 1. The van der Waals surface area contributed by atoms with Crippen LogP contribution in [0, 0.1) is 15.9 Å². The average molecular weight is 513 g/mol. The van der Waals surface area contributed by atoms with Crippen LogP contribution >= 0.6 is 11.3 Å². The first-order valence-electron chi connectivity index (χ1n) is 10.7. The Labute approximate surface area is 202 Å². The number of hydrogen-bond donors (Lipinski definition) is 1. The molecule has 2 amide bonds. The zero-order chi connectivity index (χ0) is 25.3. The summed E-state index contributed by atoms with van der Waals surface area (Å²) in [5, 5.41) is 13.5. The molecule has 4 rings (SSSR count). The van der Waals surface area contributed by atoms with Crippen LogP contribution in [0.2, 0.25) is 0 Å². The van der Waals surface area contributed by atoms with E-state index in [0.717, 1.165) is 6.07 Å². The molecule has 1 aromatic carbocycles.